The Labute approximate surface area is 163 Å². The summed E-state index contributed by atoms with van der Waals surface area (Å²) in [5.41, 5.74) is 5.50. The van der Waals surface area contributed by atoms with Crippen LogP contribution in [0.25, 0.3) is 0 Å². The summed E-state index contributed by atoms with van der Waals surface area (Å²) in [5, 5.41) is 7.92. The van der Waals surface area contributed by atoms with Gasteiger partial charge >= 0.3 is 12.0 Å². The van der Waals surface area contributed by atoms with E-state index in [9.17, 15) is 19.2 Å². The number of ether oxygens (including phenoxy) is 1. The van der Waals surface area contributed by atoms with Crippen molar-refractivity contribution in [1.29, 1.82) is 0 Å². The number of terminal acetylenes is 1. The lowest BCUT2D eigenvalue weighted by atomic mass is 10.1. The number of Topliss-reactive ketones (excluding diaryl/α,β-unsaturated/α-hetero) is 1. The number of ketones is 2. The molecule has 1 saturated heterocycles. The predicted octanol–water partition coefficient (Wildman–Crippen LogP) is 1.14. The number of hydrogen-bond acceptors (Lipinski definition) is 6. The van der Waals surface area contributed by atoms with Gasteiger partial charge in [0.05, 0.1) is 13.2 Å². The highest BCUT2D eigenvalue weighted by molar-refractivity contribution is 5.99. The van der Waals surface area contributed by atoms with Crippen LogP contribution >= 0.6 is 0 Å². The fraction of sp³-hybridized carbons (Fsp3) is 0.421. The Balaban J connectivity index is 0.000000416. The van der Waals surface area contributed by atoms with E-state index in [2.05, 4.69) is 10.9 Å². The number of nitrogens with two attached hydrogens (primary N) is 1. The van der Waals surface area contributed by atoms with E-state index in [0.29, 0.717) is 12.8 Å². The van der Waals surface area contributed by atoms with Crippen molar-refractivity contribution in [1.82, 2.24) is 0 Å². The van der Waals surface area contributed by atoms with Gasteiger partial charge < -0.3 is 15.6 Å². The molecule has 0 aliphatic carbocycles. The van der Waals surface area contributed by atoms with Crippen molar-refractivity contribution in [2.45, 2.75) is 44.9 Å². The largest absolute Gasteiger partial charge is 0.478 e. The summed E-state index contributed by atoms with van der Waals surface area (Å²) in [7, 11) is 1.74. The number of rotatable bonds is 6. The van der Waals surface area contributed by atoms with Gasteiger partial charge in [-0.05, 0) is 31.8 Å². The van der Waals surface area contributed by atoms with Gasteiger partial charge in [-0.1, -0.05) is 0 Å². The van der Waals surface area contributed by atoms with Crippen LogP contribution in [0.15, 0.2) is 29.4 Å². The third-order valence-electron chi connectivity index (χ3n) is 4.19. The number of carbonyl (C=O) groups is 4. The topological polar surface area (TPSA) is 136 Å². The monoisotopic (exact) mass is 390 g/mol. The minimum Gasteiger partial charge on any atom is -0.478 e. The molecular weight excluding hydrogens is 366 g/mol. The molecule has 3 atom stereocenters. The average molecular weight is 390 g/mol. The first-order valence-electron chi connectivity index (χ1n) is 8.58. The van der Waals surface area contributed by atoms with Crippen molar-refractivity contribution in [2.24, 2.45) is 10.7 Å². The summed E-state index contributed by atoms with van der Waals surface area (Å²) in [5.74, 6) is 0.723. The molecule has 3 N–H and O–H groups in total. The van der Waals surface area contributed by atoms with Crippen LogP contribution in [0.4, 0.5) is 4.79 Å². The molecule has 0 saturated carbocycles. The van der Waals surface area contributed by atoms with Crippen molar-refractivity contribution in [3.63, 3.8) is 0 Å². The van der Waals surface area contributed by atoms with Crippen molar-refractivity contribution in [3.05, 3.63) is 24.4 Å². The molecule has 0 bridgehead atoms. The predicted molar refractivity (Wildman–Crippen MR) is 101 cm³/mol. The average Bonchev–Trinajstić information content (AvgIpc) is 3.11. The molecule has 150 valence electrons. The lowest BCUT2D eigenvalue weighted by Crippen LogP contribution is -2.53. The number of carboxylic acids is 1. The van der Waals surface area contributed by atoms with Gasteiger partial charge in [0, 0.05) is 25.0 Å². The highest BCUT2D eigenvalue weighted by Gasteiger charge is 2.45. The van der Waals surface area contributed by atoms with Crippen LogP contribution in [0, 0.1) is 12.3 Å². The Morgan fingerprint density at radius 1 is 1.43 bits per heavy atom. The smallest absolute Gasteiger partial charge is 0.451 e. The van der Waals surface area contributed by atoms with E-state index >= 15 is 0 Å². The number of amidine groups is 1. The zero-order chi connectivity index (χ0) is 21.3. The first-order chi connectivity index (χ1) is 13.1. The first-order valence-corrected chi connectivity index (χ1v) is 8.58. The van der Waals surface area contributed by atoms with E-state index in [1.807, 2.05) is 0 Å². The molecule has 9 heteroatoms. The third kappa shape index (κ3) is 6.90. The van der Waals surface area contributed by atoms with Gasteiger partial charge in [0.25, 0.3) is 0 Å². The molecule has 2 aliphatic heterocycles. The molecule has 0 aromatic carbocycles. The first kappa shape index (κ1) is 23.0. The van der Waals surface area contributed by atoms with Gasteiger partial charge in [0.2, 0.25) is 12.0 Å². The molecule has 0 radical (unpaired) electrons. The Hall–Kier alpha value is -3.09. The Kier molecular flexibility index (Phi) is 8.44. The molecule has 9 nitrogen and oxygen atoms in total. The van der Waals surface area contributed by atoms with Crippen molar-refractivity contribution < 1.29 is 33.5 Å². The molecule has 3 unspecified atom stereocenters. The molecule has 0 aromatic heterocycles. The Morgan fingerprint density at radius 2 is 2.11 bits per heavy atom. The van der Waals surface area contributed by atoms with Crippen LogP contribution < -0.4 is 5.73 Å². The minimum absolute atomic E-state index is 0.0414. The second kappa shape index (κ2) is 10.3. The maximum Gasteiger partial charge on any atom is 0.451 e. The van der Waals surface area contributed by atoms with Crippen LogP contribution in [0.2, 0.25) is 0 Å². The van der Waals surface area contributed by atoms with Gasteiger partial charge in [0.1, 0.15) is 12.0 Å². The normalized spacial score (nSPS) is 26.2. The van der Waals surface area contributed by atoms with E-state index in [1.165, 1.54) is 6.92 Å². The zero-order valence-corrected chi connectivity index (χ0v) is 15.8. The summed E-state index contributed by atoms with van der Waals surface area (Å²) in [6.45, 7) is 1.29. The third-order valence-corrected chi connectivity index (χ3v) is 4.19. The molecule has 2 amide bonds. The van der Waals surface area contributed by atoms with Crippen molar-refractivity contribution in [2.75, 3.05) is 7.05 Å². The molecule has 28 heavy (non-hydrogen) atoms. The summed E-state index contributed by atoms with van der Waals surface area (Å²) in [4.78, 5) is 46.6. The van der Waals surface area contributed by atoms with Crippen molar-refractivity contribution >= 4 is 29.4 Å². The van der Waals surface area contributed by atoms with E-state index in [-0.39, 0.29) is 40.2 Å². The molecule has 2 heterocycles. The van der Waals surface area contributed by atoms with Crippen LogP contribution in [0.5, 0.6) is 0 Å². The van der Waals surface area contributed by atoms with Crippen LogP contribution in [-0.4, -0.2) is 58.4 Å². The lowest BCUT2D eigenvalue weighted by Gasteiger charge is -2.32. The molecule has 2 rings (SSSR count). The van der Waals surface area contributed by atoms with E-state index in [1.54, 1.807) is 19.3 Å². The number of nitrogens with zero attached hydrogens (tertiary/aromatic N) is 2. The number of hydrogen-bond donors (Lipinski definition) is 2. The maximum atomic E-state index is 12.0. The second-order valence-electron chi connectivity index (χ2n) is 6.46. The van der Waals surface area contributed by atoms with Gasteiger partial charge in [-0.25, -0.2) is 9.59 Å². The van der Waals surface area contributed by atoms with Crippen LogP contribution in [0.3, 0.4) is 0 Å². The number of allylic oxidation sites excluding steroid dienone is 1. The maximum absolute atomic E-state index is 12.0. The molecule has 2 aliphatic rings. The SMILES string of the molecule is C#CC(=O)CCC1CCC([N+]2(C)C=CC(N)=NC2=O)O1.CC(=O)/C=C\C(=O)O. The minimum atomic E-state index is -1.10. The highest BCUT2D eigenvalue weighted by atomic mass is 16.5. The zero-order valence-electron chi connectivity index (χ0n) is 15.8. The Bertz CT molecular complexity index is 761. The lowest BCUT2D eigenvalue weighted by molar-refractivity contribution is -0.830. The van der Waals surface area contributed by atoms with Gasteiger partial charge in [-0.15, -0.1) is 11.4 Å². The van der Waals surface area contributed by atoms with Gasteiger partial charge in [-0.3, -0.25) is 9.59 Å². The fourth-order valence-corrected chi connectivity index (χ4v) is 2.62. The fourth-order valence-electron chi connectivity index (χ4n) is 2.62. The quantitative estimate of drug-likeness (QED) is 0.300. The molecule has 0 spiro atoms. The van der Waals surface area contributed by atoms with E-state index in [0.717, 1.165) is 25.0 Å². The molecular formula is C19H24N3O6+. The van der Waals surface area contributed by atoms with E-state index in [4.69, 9.17) is 22.0 Å². The molecule has 1 fully saturated rings. The summed E-state index contributed by atoms with van der Waals surface area (Å²) >= 11 is 0. The van der Waals surface area contributed by atoms with Crippen LogP contribution in [-0.2, 0) is 19.1 Å². The number of aliphatic carboxylic acids is 1. The van der Waals surface area contributed by atoms with Gasteiger partial charge in [0.15, 0.2) is 5.78 Å². The number of aliphatic imine (C=N–C) groups is 1. The summed E-state index contributed by atoms with van der Waals surface area (Å²) in [6.07, 6.45) is 12.2. The van der Waals surface area contributed by atoms with Crippen molar-refractivity contribution in [3.8, 4) is 12.3 Å². The Morgan fingerprint density at radius 3 is 2.61 bits per heavy atom. The van der Waals surface area contributed by atoms with E-state index < -0.39 is 5.97 Å². The highest BCUT2D eigenvalue weighted by Crippen LogP contribution is 2.31. The van der Waals surface area contributed by atoms with Crippen LogP contribution in [0.1, 0.15) is 32.6 Å². The summed E-state index contributed by atoms with van der Waals surface area (Å²) in [6, 6.07) is -0.338. The number of carbonyl (C=O) groups excluding carboxylic acids is 3. The number of quaternary nitrogens is 1. The van der Waals surface area contributed by atoms with Gasteiger partial charge in [-0.2, -0.15) is 4.48 Å². The standard InChI is InChI=1S/C14H17N3O3.C5H6O3/c1-3-10(18)4-5-11-6-7-13(20-11)17(2)9-8-12(15)16-14(17)19;1-4(6)2-3-5(7)8/h1,8-9,11,13H,4-7H2,2H3,(H-,15,16,19);2-3H,1H3,(H,7,8)/p+1/b;3-2-. The number of amides is 2. The molecule has 0 aromatic rings. The number of urea groups is 1. The second-order valence-corrected chi connectivity index (χ2v) is 6.46. The number of carboxylic acid groups (broad SMARTS) is 1. The summed E-state index contributed by atoms with van der Waals surface area (Å²) < 4.78 is 5.83.